The van der Waals surface area contributed by atoms with Crippen LogP contribution in [0.3, 0.4) is 0 Å². The molecule has 0 radical (unpaired) electrons. The molecule has 2 rings (SSSR count). The van der Waals surface area contributed by atoms with Crippen LogP contribution in [-0.4, -0.2) is 16.3 Å². The molecule has 2 N–H and O–H groups in total. The van der Waals surface area contributed by atoms with Gasteiger partial charge in [-0.15, -0.1) is 0 Å². The third kappa shape index (κ3) is 3.05. The molecule has 1 aromatic carbocycles. The lowest BCUT2D eigenvalue weighted by Gasteiger charge is -2.03. The van der Waals surface area contributed by atoms with Gasteiger partial charge in [0.2, 0.25) is 0 Å². The van der Waals surface area contributed by atoms with Gasteiger partial charge < -0.3 is 5.73 Å². The van der Waals surface area contributed by atoms with Crippen LogP contribution in [0.4, 0.5) is 0 Å². The molecule has 0 saturated heterocycles. The summed E-state index contributed by atoms with van der Waals surface area (Å²) in [6.45, 7) is 1.53. The lowest BCUT2D eigenvalue weighted by atomic mass is 10.1. The van der Waals surface area contributed by atoms with E-state index in [0.717, 1.165) is 16.5 Å². The zero-order valence-electron chi connectivity index (χ0n) is 8.94. The van der Waals surface area contributed by atoms with Gasteiger partial charge >= 0.3 is 0 Å². The van der Waals surface area contributed by atoms with E-state index in [2.05, 4.69) is 52.0 Å². The molecule has 3 nitrogen and oxygen atoms in total. The van der Waals surface area contributed by atoms with Crippen molar-refractivity contribution in [2.75, 3.05) is 6.54 Å². The first-order valence-corrected chi connectivity index (χ1v) is 6.31. The molecule has 1 heterocycles. The van der Waals surface area contributed by atoms with Crippen molar-refractivity contribution in [1.29, 1.82) is 0 Å². The van der Waals surface area contributed by atoms with Gasteiger partial charge in [0.15, 0.2) is 0 Å². The van der Waals surface area contributed by atoms with Crippen LogP contribution in [0, 0.1) is 3.57 Å². The Labute approximate surface area is 109 Å². The van der Waals surface area contributed by atoms with Gasteiger partial charge in [0.05, 0.1) is 16.3 Å². The molecule has 0 fully saturated rings. The van der Waals surface area contributed by atoms with E-state index in [9.17, 15) is 0 Å². The van der Waals surface area contributed by atoms with Crippen molar-refractivity contribution >= 4 is 22.6 Å². The van der Waals surface area contributed by atoms with Crippen LogP contribution in [0.25, 0.3) is 0 Å². The van der Waals surface area contributed by atoms with Crippen molar-refractivity contribution < 1.29 is 0 Å². The van der Waals surface area contributed by atoms with Crippen molar-refractivity contribution in [3.8, 4) is 0 Å². The maximum atomic E-state index is 5.51. The smallest absolute Gasteiger partial charge is 0.0659 e. The molecule has 0 aliphatic rings. The minimum atomic E-state index is 0.705. The highest BCUT2D eigenvalue weighted by atomic mass is 127. The van der Waals surface area contributed by atoms with Gasteiger partial charge in [0.1, 0.15) is 0 Å². The van der Waals surface area contributed by atoms with Crippen LogP contribution in [0.5, 0.6) is 0 Å². The summed E-state index contributed by atoms with van der Waals surface area (Å²) in [7, 11) is 0. The highest BCUT2D eigenvalue weighted by Crippen LogP contribution is 2.08. The standard InChI is InChI=1S/C12H14IN3/c13-12-7-15-16(9-12)8-11-3-1-10(2-4-11)5-6-14/h1-4,7,9H,5-6,8,14H2. The maximum absolute atomic E-state index is 5.51. The van der Waals surface area contributed by atoms with E-state index in [-0.39, 0.29) is 0 Å². The van der Waals surface area contributed by atoms with Crippen molar-refractivity contribution in [3.05, 3.63) is 51.4 Å². The first-order chi connectivity index (χ1) is 7.78. The van der Waals surface area contributed by atoms with E-state index in [1.807, 2.05) is 17.1 Å². The number of benzene rings is 1. The van der Waals surface area contributed by atoms with Crippen molar-refractivity contribution in [1.82, 2.24) is 9.78 Å². The predicted octanol–water partition coefficient (Wildman–Crippen LogP) is 2.04. The van der Waals surface area contributed by atoms with Gasteiger partial charge in [-0.05, 0) is 46.7 Å². The Hall–Kier alpha value is -0.880. The minimum absolute atomic E-state index is 0.705. The van der Waals surface area contributed by atoms with Gasteiger partial charge in [0.25, 0.3) is 0 Å². The zero-order chi connectivity index (χ0) is 11.4. The van der Waals surface area contributed by atoms with E-state index < -0.39 is 0 Å². The number of nitrogens with two attached hydrogens (primary N) is 1. The zero-order valence-corrected chi connectivity index (χ0v) is 11.1. The Kier molecular flexibility index (Phi) is 3.95. The second kappa shape index (κ2) is 5.45. The molecule has 0 unspecified atom stereocenters. The van der Waals surface area contributed by atoms with Crippen LogP contribution in [0.1, 0.15) is 11.1 Å². The van der Waals surface area contributed by atoms with E-state index >= 15 is 0 Å². The molecule has 0 aliphatic heterocycles. The molecule has 0 atom stereocenters. The second-order valence-electron chi connectivity index (χ2n) is 3.71. The largest absolute Gasteiger partial charge is 0.330 e. The first-order valence-electron chi connectivity index (χ1n) is 5.24. The van der Waals surface area contributed by atoms with Crippen LogP contribution in [0.2, 0.25) is 0 Å². The monoisotopic (exact) mass is 327 g/mol. The highest BCUT2D eigenvalue weighted by Gasteiger charge is 1.98. The fourth-order valence-corrected chi connectivity index (χ4v) is 2.04. The van der Waals surface area contributed by atoms with Gasteiger partial charge in [-0.1, -0.05) is 24.3 Å². The molecule has 0 spiro atoms. The van der Waals surface area contributed by atoms with Crippen LogP contribution in [0.15, 0.2) is 36.7 Å². The summed E-state index contributed by atoms with van der Waals surface area (Å²) in [6, 6.07) is 8.55. The van der Waals surface area contributed by atoms with Crippen molar-refractivity contribution in [3.63, 3.8) is 0 Å². The summed E-state index contributed by atoms with van der Waals surface area (Å²) in [5.41, 5.74) is 8.07. The van der Waals surface area contributed by atoms with E-state index in [1.54, 1.807) is 0 Å². The summed E-state index contributed by atoms with van der Waals surface area (Å²) in [4.78, 5) is 0. The summed E-state index contributed by atoms with van der Waals surface area (Å²) < 4.78 is 3.11. The number of aromatic nitrogens is 2. The second-order valence-corrected chi connectivity index (χ2v) is 4.96. The molecule has 4 heteroatoms. The molecular weight excluding hydrogens is 313 g/mol. The molecule has 84 valence electrons. The van der Waals surface area contributed by atoms with Crippen LogP contribution in [-0.2, 0) is 13.0 Å². The molecule has 0 aliphatic carbocycles. The average Bonchev–Trinajstić information content (AvgIpc) is 2.67. The van der Waals surface area contributed by atoms with E-state index in [4.69, 9.17) is 5.73 Å². The van der Waals surface area contributed by atoms with Gasteiger partial charge in [-0.25, -0.2) is 0 Å². The number of nitrogens with zero attached hydrogens (tertiary/aromatic N) is 2. The maximum Gasteiger partial charge on any atom is 0.0659 e. The van der Waals surface area contributed by atoms with E-state index in [1.165, 1.54) is 11.1 Å². The molecule has 16 heavy (non-hydrogen) atoms. The molecule has 2 aromatic rings. The SMILES string of the molecule is NCCc1ccc(Cn2cc(I)cn2)cc1. The van der Waals surface area contributed by atoms with Gasteiger partial charge in [0, 0.05) is 6.20 Å². The van der Waals surface area contributed by atoms with Crippen LogP contribution >= 0.6 is 22.6 Å². The first kappa shape index (κ1) is 11.6. The summed E-state index contributed by atoms with van der Waals surface area (Å²) in [6.07, 6.45) is 4.84. The fraction of sp³-hybridized carbons (Fsp3) is 0.250. The quantitative estimate of drug-likeness (QED) is 0.874. The van der Waals surface area contributed by atoms with Crippen molar-refractivity contribution in [2.45, 2.75) is 13.0 Å². The third-order valence-corrected chi connectivity index (χ3v) is 2.96. The molecule has 1 aromatic heterocycles. The fourth-order valence-electron chi connectivity index (χ4n) is 1.59. The molecular formula is C12H14IN3. The normalized spacial score (nSPS) is 10.6. The molecule has 0 saturated carbocycles. The number of halogens is 1. The average molecular weight is 327 g/mol. The van der Waals surface area contributed by atoms with Gasteiger partial charge in [-0.3, -0.25) is 4.68 Å². The Bertz CT molecular complexity index is 448. The van der Waals surface area contributed by atoms with Gasteiger partial charge in [-0.2, -0.15) is 5.10 Å². The summed E-state index contributed by atoms with van der Waals surface area (Å²) >= 11 is 2.26. The Balaban J connectivity index is 2.05. The summed E-state index contributed by atoms with van der Waals surface area (Å²) in [5.74, 6) is 0. The number of hydrogen-bond donors (Lipinski definition) is 1. The number of hydrogen-bond acceptors (Lipinski definition) is 2. The lowest BCUT2D eigenvalue weighted by Crippen LogP contribution is -2.03. The number of rotatable bonds is 4. The topological polar surface area (TPSA) is 43.8 Å². The Morgan fingerprint density at radius 2 is 1.88 bits per heavy atom. The highest BCUT2D eigenvalue weighted by molar-refractivity contribution is 14.1. The van der Waals surface area contributed by atoms with Crippen LogP contribution < -0.4 is 5.73 Å². The molecule has 0 bridgehead atoms. The Morgan fingerprint density at radius 1 is 1.19 bits per heavy atom. The molecule has 0 amide bonds. The van der Waals surface area contributed by atoms with E-state index in [0.29, 0.717) is 6.54 Å². The third-order valence-electron chi connectivity index (χ3n) is 2.40. The Morgan fingerprint density at radius 3 is 2.44 bits per heavy atom. The lowest BCUT2D eigenvalue weighted by molar-refractivity contribution is 0.686. The van der Waals surface area contributed by atoms with Crippen molar-refractivity contribution in [2.24, 2.45) is 5.73 Å². The predicted molar refractivity (Wildman–Crippen MR) is 73.2 cm³/mol. The summed E-state index contributed by atoms with van der Waals surface area (Å²) in [5, 5.41) is 4.26. The minimum Gasteiger partial charge on any atom is -0.330 e.